The first kappa shape index (κ1) is 23.1. The van der Waals surface area contributed by atoms with Crippen molar-refractivity contribution in [3.8, 4) is 11.4 Å². The summed E-state index contributed by atoms with van der Waals surface area (Å²) in [5.41, 5.74) is 0.843. The third kappa shape index (κ3) is 5.46. The van der Waals surface area contributed by atoms with Crippen molar-refractivity contribution >= 4 is 27.3 Å². The SMILES string of the molecule is CS(=O)(=O)c1ccc(-n2ccc(OC3CCN(C(=O)c4cccc(Cl)c4)CC3)cc2=O)cc1. The van der Waals surface area contributed by atoms with Gasteiger partial charge in [-0.15, -0.1) is 0 Å². The van der Waals surface area contributed by atoms with E-state index in [1.165, 1.54) is 22.8 Å². The van der Waals surface area contributed by atoms with Crippen LogP contribution < -0.4 is 10.3 Å². The summed E-state index contributed by atoms with van der Waals surface area (Å²) in [6.45, 7) is 1.11. The summed E-state index contributed by atoms with van der Waals surface area (Å²) >= 11 is 5.99. The first-order valence-electron chi connectivity index (χ1n) is 10.5. The molecule has 0 bridgehead atoms. The number of likely N-dealkylation sites (tertiary alicyclic amines) is 1. The lowest BCUT2D eigenvalue weighted by molar-refractivity contribution is 0.0595. The molecule has 0 radical (unpaired) electrons. The molecule has 1 saturated heterocycles. The summed E-state index contributed by atoms with van der Waals surface area (Å²) in [4.78, 5) is 27.2. The van der Waals surface area contributed by atoms with Gasteiger partial charge >= 0.3 is 0 Å². The molecule has 7 nitrogen and oxygen atoms in total. The molecule has 2 heterocycles. The summed E-state index contributed by atoms with van der Waals surface area (Å²) in [5.74, 6) is 0.407. The van der Waals surface area contributed by atoms with Gasteiger partial charge in [0.05, 0.1) is 4.90 Å². The zero-order valence-corrected chi connectivity index (χ0v) is 19.6. The van der Waals surface area contributed by atoms with Crippen molar-refractivity contribution in [3.05, 3.63) is 87.8 Å². The highest BCUT2D eigenvalue weighted by Gasteiger charge is 2.25. The number of halogens is 1. The molecule has 0 saturated carbocycles. The fourth-order valence-corrected chi connectivity index (χ4v) is 4.60. The Morgan fingerprint density at radius 2 is 1.73 bits per heavy atom. The van der Waals surface area contributed by atoms with Gasteiger partial charge in [-0.2, -0.15) is 0 Å². The van der Waals surface area contributed by atoms with Crippen molar-refractivity contribution in [1.82, 2.24) is 9.47 Å². The highest BCUT2D eigenvalue weighted by atomic mass is 35.5. The average Bonchev–Trinajstić information content (AvgIpc) is 2.79. The van der Waals surface area contributed by atoms with E-state index in [2.05, 4.69) is 0 Å². The number of carbonyl (C=O) groups excluding carboxylic acids is 1. The zero-order chi connectivity index (χ0) is 23.6. The number of hydrogen-bond acceptors (Lipinski definition) is 5. The highest BCUT2D eigenvalue weighted by molar-refractivity contribution is 7.90. The van der Waals surface area contributed by atoms with Crippen LogP contribution in [0.4, 0.5) is 0 Å². The molecule has 9 heteroatoms. The molecule has 172 valence electrons. The van der Waals surface area contributed by atoms with Crippen LogP contribution in [0.5, 0.6) is 5.75 Å². The molecule has 0 aliphatic carbocycles. The van der Waals surface area contributed by atoms with Crippen molar-refractivity contribution in [3.63, 3.8) is 0 Å². The molecule has 1 fully saturated rings. The number of nitrogens with zero attached hydrogens (tertiary/aromatic N) is 2. The quantitative estimate of drug-likeness (QED) is 0.550. The largest absolute Gasteiger partial charge is 0.490 e. The molecule has 1 amide bonds. The maximum absolute atomic E-state index is 12.7. The van der Waals surface area contributed by atoms with Gasteiger partial charge in [-0.3, -0.25) is 14.2 Å². The lowest BCUT2D eigenvalue weighted by atomic mass is 10.1. The highest BCUT2D eigenvalue weighted by Crippen LogP contribution is 2.21. The Labute approximate surface area is 197 Å². The van der Waals surface area contributed by atoms with E-state index < -0.39 is 9.84 Å². The monoisotopic (exact) mass is 486 g/mol. The van der Waals surface area contributed by atoms with Gasteiger partial charge in [0.25, 0.3) is 11.5 Å². The van der Waals surface area contributed by atoms with Crippen LogP contribution in [-0.2, 0) is 9.84 Å². The van der Waals surface area contributed by atoms with Crippen LogP contribution in [0.1, 0.15) is 23.2 Å². The molecule has 1 aliphatic rings. The summed E-state index contributed by atoms with van der Waals surface area (Å²) < 4.78 is 30.6. The van der Waals surface area contributed by atoms with E-state index in [9.17, 15) is 18.0 Å². The fourth-order valence-electron chi connectivity index (χ4n) is 3.77. The Bertz CT molecular complexity index is 1330. The number of pyridine rings is 1. The Hall–Kier alpha value is -3.10. The van der Waals surface area contributed by atoms with Gasteiger partial charge in [-0.1, -0.05) is 17.7 Å². The van der Waals surface area contributed by atoms with Crippen molar-refractivity contribution in [2.75, 3.05) is 19.3 Å². The van der Waals surface area contributed by atoms with Gasteiger partial charge in [-0.25, -0.2) is 8.42 Å². The summed E-state index contributed by atoms with van der Waals surface area (Å²) in [5, 5.41) is 0.528. The molecule has 4 rings (SSSR count). The third-order valence-electron chi connectivity index (χ3n) is 5.54. The third-order valence-corrected chi connectivity index (χ3v) is 6.90. The van der Waals surface area contributed by atoms with E-state index in [1.54, 1.807) is 53.6 Å². The summed E-state index contributed by atoms with van der Waals surface area (Å²) in [6.07, 6.45) is 3.95. The van der Waals surface area contributed by atoms with E-state index in [4.69, 9.17) is 16.3 Å². The number of benzene rings is 2. The molecule has 33 heavy (non-hydrogen) atoms. The maximum Gasteiger partial charge on any atom is 0.258 e. The maximum atomic E-state index is 12.7. The lowest BCUT2D eigenvalue weighted by Crippen LogP contribution is -2.41. The number of sulfone groups is 1. The van der Waals surface area contributed by atoms with E-state index in [0.29, 0.717) is 48.0 Å². The van der Waals surface area contributed by atoms with Gasteiger partial charge in [0, 0.05) is 60.7 Å². The molecule has 3 aromatic rings. The van der Waals surface area contributed by atoms with Crippen molar-refractivity contribution in [2.24, 2.45) is 0 Å². The zero-order valence-electron chi connectivity index (χ0n) is 18.0. The van der Waals surface area contributed by atoms with Crippen molar-refractivity contribution in [2.45, 2.75) is 23.8 Å². The number of ether oxygens (including phenoxy) is 1. The molecule has 2 aromatic carbocycles. The Balaban J connectivity index is 1.38. The number of piperidine rings is 1. The number of rotatable bonds is 5. The van der Waals surface area contributed by atoms with E-state index in [1.807, 2.05) is 0 Å². The van der Waals surface area contributed by atoms with Gasteiger partial charge < -0.3 is 9.64 Å². The molecule has 0 atom stereocenters. The predicted molar refractivity (Wildman–Crippen MR) is 126 cm³/mol. The Morgan fingerprint density at radius 1 is 1.03 bits per heavy atom. The van der Waals surface area contributed by atoms with Crippen LogP contribution in [0.15, 0.2) is 76.6 Å². The van der Waals surface area contributed by atoms with E-state index in [-0.39, 0.29) is 22.5 Å². The van der Waals surface area contributed by atoms with Gasteiger partial charge in [0.1, 0.15) is 11.9 Å². The molecule has 1 aliphatic heterocycles. The topological polar surface area (TPSA) is 85.7 Å². The van der Waals surface area contributed by atoms with Crippen LogP contribution in [0.2, 0.25) is 5.02 Å². The minimum atomic E-state index is -3.30. The van der Waals surface area contributed by atoms with Crippen LogP contribution >= 0.6 is 11.6 Å². The van der Waals surface area contributed by atoms with Crippen LogP contribution in [0.3, 0.4) is 0 Å². The fraction of sp³-hybridized carbons (Fsp3) is 0.250. The first-order valence-corrected chi connectivity index (χ1v) is 12.7. The molecule has 0 unspecified atom stereocenters. The standard InChI is InChI=1S/C24H23ClN2O5S/c1-33(30,31)22-7-5-19(6-8-22)27-14-11-21(16-23(27)28)32-20-9-12-26(13-10-20)24(29)17-3-2-4-18(25)15-17/h2-8,11,14-16,20H,9-10,12-13H2,1H3. The van der Waals surface area contributed by atoms with Crippen LogP contribution in [-0.4, -0.2) is 49.2 Å². The van der Waals surface area contributed by atoms with E-state index >= 15 is 0 Å². The summed E-state index contributed by atoms with van der Waals surface area (Å²) in [7, 11) is -3.30. The van der Waals surface area contributed by atoms with Crippen LogP contribution in [0, 0.1) is 0 Å². The Morgan fingerprint density at radius 3 is 2.33 bits per heavy atom. The minimum Gasteiger partial charge on any atom is -0.490 e. The molecule has 1 aromatic heterocycles. The summed E-state index contributed by atoms with van der Waals surface area (Å²) in [6, 6.07) is 16.1. The number of amides is 1. The second-order valence-corrected chi connectivity index (χ2v) is 10.4. The smallest absolute Gasteiger partial charge is 0.258 e. The predicted octanol–water partition coefficient (Wildman–Crippen LogP) is 3.58. The van der Waals surface area contributed by atoms with Gasteiger partial charge in [-0.05, 0) is 48.5 Å². The number of hydrogen-bond donors (Lipinski definition) is 0. The Kier molecular flexibility index (Phi) is 6.58. The average molecular weight is 487 g/mol. The van der Waals surface area contributed by atoms with Gasteiger partial charge in [0.2, 0.25) is 0 Å². The van der Waals surface area contributed by atoms with Crippen LogP contribution in [0.25, 0.3) is 5.69 Å². The van der Waals surface area contributed by atoms with Crippen molar-refractivity contribution in [1.29, 1.82) is 0 Å². The van der Waals surface area contributed by atoms with Crippen molar-refractivity contribution < 1.29 is 17.9 Å². The molecule has 0 spiro atoms. The number of aromatic nitrogens is 1. The second-order valence-electron chi connectivity index (χ2n) is 7.96. The first-order chi connectivity index (χ1) is 15.7. The van der Waals surface area contributed by atoms with Gasteiger partial charge in [0.15, 0.2) is 9.84 Å². The minimum absolute atomic E-state index is 0.0551. The molecular weight excluding hydrogens is 464 g/mol. The molecular formula is C24H23ClN2O5S. The normalized spacial score (nSPS) is 14.8. The molecule has 0 N–H and O–H groups in total. The van der Waals surface area contributed by atoms with E-state index in [0.717, 1.165) is 6.26 Å². The lowest BCUT2D eigenvalue weighted by Gasteiger charge is -2.32. The number of carbonyl (C=O) groups is 1. The second kappa shape index (κ2) is 9.41.